The van der Waals surface area contributed by atoms with Crippen LogP contribution in [-0.2, 0) is 16.4 Å². The topological polar surface area (TPSA) is 110 Å². The summed E-state index contributed by atoms with van der Waals surface area (Å²) in [6.07, 6.45) is 1.59. The van der Waals surface area contributed by atoms with Gasteiger partial charge in [0, 0.05) is 12.1 Å². The number of para-hydroxylation sites is 2. The summed E-state index contributed by atoms with van der Waals surface area (Å²) in [6, 6.07) is 15.5. The van der Waals surface area contributed by atoms with Gasteiger partial charge in [-0.25, -0.2) is 18.4 Å². The molecule has 0 fully saturated rings. The second-order valence-electron chi connectivity index (χ2n) is 7.16. The first-order valence-corrected chi connectivity index (χ1v) is 11.4. The van der Waals surface area contributed by atoms with E-state index in [1.807, 2.05) is 32.0 Å². The minimum atomic E-state index is -3.79. The lowest BCUT2D eigenvalue weighted by molar-refractivity contribution is 0.392. The Balaban J connectivity index is 1.56. The Morgan fingerprint density at radius 3 is 2.19 bits per heavy atom. The third kappa shape index (κ3) is 4.66. The van der Waals surface area contributed by atoms with E-state index in [9.17, 15) is 8.42 Å². The maximum atomic E-state index is 12.8. The van der Waals surface area contributed by atoms with Crippen molar-refractivity contribution in [2.24, 2.45) is 0 Å². The number of benzene rings is 2. The fourth-order valence-electron chi connectivity index (χ4n) is 3.31. The number of hydrogen-bond acceptors (Lipinski definition) is 7. The smallest absolute Gasteiger partial charge is 0.263 e. The Morgan fingerprint density at radius 1 is 0.903 bits per heavy atom. The van der Waals surface area contributed by atoms with Crippen molar-refractivity contribution in [3.05, 3.63) is 71.6 Å². The van der Waals surface area contributed by atoms with Crippen LogP contribution < -0.4 is 10.0 Å². The van der Waals surface area contributed by atoms with E-state index in [0.717, 1.165) is 29.9 Å². The number of aryl methyl sites for hydroxylation is 2. The van der Waals surface area contributed by atoms with Crippen LogP contribution in [0, 0.1) is 13.8 Å². The molecule has 2 N–H and O–H groups in total. The molecule has 0 atom stereocenters. The summed E-state index contributed by atoms with van der Waals surface area (Å²) in [7, 11) is -3.79. The monoisotopic (exact) mass is 437 g/mol. The maximum Gasteiger partial charge on any atom is 0.263 e. The summed E-state index contributed by atoms with van der Waals surface area (Å²) in [6.45, 7) is 4.40. The second-order valence-corrected chi connectivity index (χ2v) is 8.84. The minimum absolute atomic E-state index is 0.161. The van der Waals surface area contributed by atoms with Crippen molar-refractivity contribution >= 4 is 32.7 Å². The highest BCUT2D eigenvalue weighted by Crippen LogP contribution is 2.24. The molecule has 0 aliphatic heterocycles. The van der Waals surface area contributed by atoms with Gasteiger partial charge in [-0.15, -0.1) is 0 Å². The first-order valence-electron chi connectivity index (χ1n) is 9.94. The number of aromatic nitrogens is 3. The number of sulfonamides is 1. The summed E-state index contributed by atoms with van der Waals surface area (Å²) < 4.78 is 33.4. The highest BCUT2D eigenvalue weighted by molar-refractivity contribution is 7.92. The Morgan fingerprint density at radius 2 is 1.55 bits per heavy atom. The van der Waals surface area contributed by atoms with E-state index in [2.05, 4.69) is 25.2 Å². The van der Waals surface area contributed by atoms with Gasteiger partial charge in [0.2, 0.25) is 0 Å². The van der Waals surface area contributed by atoms with Gasteiger partial charge < -0.3 is 9.84 Å². The number of fused-ring (bicyclic) bond motifs is 1. The highest BCUT2D eigenvalue weighted by atomic mass is 32.2. The quantitative estimate of drug-likeness (QED) is 0.400. The lowest BCUT2D eigenvalue weighted by Crippen LogP contribution is -2.17. The van der Waals surface area contributed by atoms with Gasteiger partial charge in [0.1, 0.15) is 5.76 Å². The molecule has 0 aliphatic carbocycles. The number of nitrogens with zero attached hydrogens (tertiary/aromatic N) is 3. The highest BCUT2D eigenvalue weighted by Gasteiger charge is 2.18. The van der Waals surface area contributed by atoms with Gasteiger partial charge in [-0.2, -0.15) is 0 Å². The lowest BCUT2D eigenvalue weighted by Gasteiger charge is -2.14. The van der Waals surface area contributed by atoms with Crippen LogP contribution in [0.2, 0.25) is 0 Å². The van der Waals surface area contributed by atoms with Crippen molar-refractivity contribution in [2.75, 3.05) is 16.6 Å². The SMILES string of the molecule is Cc1noc(C)c1CCCNc1nc2ccccc2nc1NS(=O)(=O)c1ccccc1. The number of nitrogens with one attached hydrogen (secondary N) is 2. The van der Waals surface area contributed by atoms with Gasteiger partial charge in [0.05, 0.1) is 21.6 Å². The molecule has 4 rings (SSSR count). The molecule has 160 valence electrons. The van der Waals surface area contributed by atoms with Crippen molar-refractivity contribution in [1.29, 1.82) is 0 Å². The summed E-state index contributed by atoms with van der Waals surface area (Å²) >= 11 is 0. The molecule has 4 aromatic rings. The minimum Gasteiger partial charge on any atom is -0.367 e. The van der Waals surface area contributed by atoms with E-state index < -0.39 is 10.0 Å². The molecule has 9 heteroatoms. The molecule has 0 unspecified atom stereocenters. The van der Waals surface area contributed by atoms with Gasteiger partial charge >= 0.3 is 0 Å². The molecule has 8 nitrogen and oxygen atoms in total. The van der Waals surface area contributed by atoms with Crippen molar-refractivity contribution in [2.45, 2.75) is 31.6 Å². The van der Waals surface area contributed by atoms with E-state index in [4.69, 9.17) is 4.52 Å². The number of anilines is 2. The summed E-state index contributed by atoms with van der Waals surface area (Å²) in [5, 5.41) is 7.21. The van der Waals surface area contributed by atoms with E-state index in [-0.39, 0.29) is 10.7 Å². The van der Waals surface area contributed by atoms with Gasteiger partial charge in [-0.3, -0.25) is 4.72 Å². The standard InChI is InChI=1S/C22H23N5O3S/c1-15-18(16(2)30-26-15)11-8-14-23-21-22(25-20-13-7-6-12-19(20)24-21)27-31(28,29)17-9-4-3-5-10-17/h3-7,9-10,12-13H,8,11,14H2,1-2H3,(H,23,24)(H,25,27). The first kappa shape index (κ1) is 20.8. The zero-order chi connectivity index (χ0) is 21.8. The first-order chi connectivity index (χ1) is 14.9. The van der Waals surface area contributed by atoms with E-state index >= 15 is 0 Å². The molecule has 2 aromatic heterocycles. The Bertz CT molecular complexity index is 1280. The van der Waals surface area contributed by atoms with Crippen LogP contribution in [0.25, 0.3) is 11.0 Å². The number of rotatable bonds is 8. The average Bonchev–Trinajstić information content (AvgIpc) is 3.09. The van der Waals surface area contributed by atoms with E-state index in [1.165, 1.54) is 12.1 Å². The van der Waals surface area contributed by atoms with Gasteiger partial charge in [0.15, 0.2) is 11.6 Å². The Kier molecular flexibility index (Phi) is 5.85. The Labute approximate surface area is 180 Å². The molecule has 0 saturated heterocycles. The normalized spacial score (nSPS) is 11.5. The molecule has 0 bridgehead atoms. The molecule has 2 heterocycles. The van der Waals surface area contributed by atoms with Gasteiger partial charge in [-0.05, 0) is 51.0 Å². The zero-order valence-corrected chi connectivity index (χ0v) is 18.1. The predicted octanol–water partition coefficient (Wildman–Crippen LogP) is 4.08. The molecule has 0 radical (unpaired) electrons. The molecule has 2 aromatic carbocycles. The predicted molar refractivity (Wildman–Crippen MR) is 120 cm³/mol. The zero-order valence-electron chi connectivity index (χ0n) is 17.3. The largest absolute Gasteiger partial charge is 0.367 e. The molecule has 0 spiro atoms. The second kappa shape index (κ2) is 8.73. The summed E-state index contributed by atoms with van der Waals surface area (Å²) in [5.41, 5.74) is 3.27. The van der Waals surface area contributed by atoms with Crippen molar-refractivity contribution in [3.63, 3.8) is 0 Å². The molecular formula is C22H23N5O3S. The van der Waals surface area contributed by atoms with Crippen molar-refractivity contribution < 1.29 is 12.9 Å². The van der Waals surface area contributed by atoms with Gasteiger partial charge in [-0.1, -0.05) is 35.5 Å². The summed E-state index contributed by atoms with van der Waals surface area (Å²) in [5.74, 6) is 1.37. The van der Waals surface area contributed by atoms with Crippen LogP contribution in [0.15, 0.2) is 64.0 Å². The van der Waals surface area contributed by atoms with Crippen LogP contribution in [-0.4, -0.2) is 30.1 Å². The third-order valence-electron chi connectivity index (χ3n) is 4.93. The van der Waals surface area contributed by atoms with Crippen LogP contribution in [0.1, 0.15) is 23.4 Å². The molecule has 0 saturated carbocycles. The van der Waals surface area contributed by atoms with Crippen molar-refractivity contribution in [3.8, 4) is 0 Å². The average molecular weight is 438 g/mol. The van der Waals surface area contributed by atoms with Crippen LogP contribution in [0.4, 0.5) is 11.6 Å². The molecule has 0 amide bonds. The molecular weight excluding hydrogens is 414 g/mol. The fourth-order valence-corrected chi connectivity index (χ4v) is 4.34. The van der Waals surface area contributed by atoms with Crippen LogP contribution >= 0.6 is 0 Å². The van der Waals surface area contributed by atoms with E-state index in [1.54, 1.807) is 24.3 Å². The van der Waals surface area contributed by atoms with E-state index in [0.29, 0.717) is 23.4 Å². The molecule has 31 heavy (non-hydrogen) atoms. The van der Waals surface area contributed by atoms with Crippen LogP contribution in [0.3, 0.4) is 0 Å². The van der Waals surface area contributed by atoms with Gasteiger partial charge in [0.25, 0.3) is 10.0 Å². The van der Waals surface area contributed by atoms with Crippen LogP contribution in [0.5, 0.6) is 0 Å². The summed E-state index contributed by atoms with van der Waals surface area (Å²) in [4.78, 5) is 9.26. The maximum absolute atomic E-state index is 12.8. The lowest BCUT2D eigenvalue weighted by atomic mass is 10.1. The number of hydrogen-bond donors (Lipinski definition) is 2. The fraction of sp³-hybridized carbons (Fsp3) is 0.227. The molecule has 0 aliphatic rings. The Hall–Kier alpha value is -3.46. The van der Waals surface area contributed by atoms with Crippen molar-refractivity contribution in [1.82, 2.24) is 15.1 Å². The third-order valence-corrected chi connectivity index (χ3v) is 6.29.